The van der Waals surface area contributed by atoms with Crippen molar-refractivity contribution in [1.29, 1.82) is 0 Å². The van der Waals surface area contributed by atoms with Gasteiger partial charge in [-0.3, -0.25) is 0 Å². The third-order valence-electron chi connectivity index (χ3n) is 2.03. The molecule has 0 saturated heterocycles. The van der Waals surface area contributed by atoms with Crippen LogP contribution in [0.25, 0.3) is 0 Å². The normalized spacial score (nSPS) is 11.8. The second-order valence-electron chi connectivity index (χ2n) is 3.42. The molecule has 0 spiro atoms. The Balaban J connectivity index is 3.06. The van der Waals surface area contributed by atoms with E-state index in [1.807, 2.05) is 0 Å². The van der Waals surface area contributed by atoms with E-state index in [-0.39, 0.29) is 0 Å². The zero-order valence-electron chi connectivity index (χ0n) is 9.26. The zero-order chi connectivity index (χ0) is 9.78. The summed E-state index contributed by atoms with van der Waals surface area (Å²) in [6.45, 7) is 4.42. The molecule has 0 aliphatic carbocycles. The van der Waals surface area contributed by atoms with Crippen molar-refractivity contribution < 1.29 is 0 Å². The third kappa shape index (κ3) is 11.5. The molecule has 0 atom stereocenters. The van der Waals surface area contributed by atoms with Gasteiger partial charge < -0.3 is 0 Å². The summed E-state index contributed by atoms with van der Waals surface area (Å²) in [7, 11) is 0. The Kier molecular flexibility index (Phi) is 11.0. The summed E-state index contributed by atoms with van der Waals surface area (Å²) >= 11 is 0. The molecule has 0 aromatic heterocycles. The summed E-state index contributed by atoms with van der Waals surface area (Å²) in [4.78, 5) is 0. The largest absolute Gasteiger partial charge is 0.0888 e. The molecule has 0 amide bonds. The van der Waals surface area contributed by atoms with Crippen LogP contribution in [-0.2, 0) is 0 Å². The van der Waals surface area contributed by atoms with Gasteiger partial charge in [0.2, 0.25) is 0 Å². The van der Waals surface area contributed by atoms with Crippen LogP contribution in [0.4, 0.5) is 0 Å². The standard InChI is InChI=1S/C13H24/c1-3-5-7-9-11-13-12-10-8-6-4-2/h5,7,10,12H,3-4,6,8-9,11,13H2,1-2H3. The zero-order valence-corrected chi connectivity index (χ0v) is 9.26. The van der Waals surface area contributed by atoms with E-state index in [9.17, 15) is 0 Å². The lowest BCUT2D eigenvalue weighted by Gasteiger charge is -1.91. The Morgan fingerprint density at radius 3 is 1.77 bits per heavy atom. The minimum atomic E-state index is 1.17. The smallest absolute Gasteiger partial charge is 0.0348 e. The lowest BCUT2D eigenvalue weighted by molar-refractivity contribution is 0.805. The Labute approximate surface area is 83.7 Å². The molecule has 0 heterocycles. The average molecular weight is 180 g/mol. The number of allylic oxidation sites excluding steroid dienone is 4. The summed E-state index contributed by atoms with van der Waals surface area (Å²) in [6, 6.07) is 0. The van der Waals surface area contributed by atoms with Crippen molar-refractivity contribution in [1.82, 2.24) is 0 Å². The molecule has 0 aromatic carbocycles. The van der Waals surface area contributed by atoms with Crippen molar-refractivity contribution in [3.8, 4) is 0 Å². The van der Waals surface area contributed by atoms with Gasteiger partial charge in [-0.15, -0.1) is 0 Å². The van der Waals surface area contributed by atoms with Gasteiger partial charge >= 0.3 is 0 Å². The van der Waals surface area contributed by atoms with E-state index in [2.05, 4.69) is 38.2 Å². The first kappa shape index (κ1) is 12.5. The van der Waals surface area contributed by atoms with Gasteiger partial charge in [-0.05, 0) is 32.1 Å². The first-order valence-corrected chi connectivity index (χ1v) is 5.71. The predicted octanol–water partition coefficient (Wildman–Crippen LogP) is 4.87. The van der Waals surface area contributed by atoms with E-state index in [1.54, 1.807) is 0 Å². The van der Waals surface area contributed by atoms with Crippen LogP contribution in [0.1, 0.15) is 58.8 Å². The van der Waals surface area contributed by atoms with Crippen molar-refractivity contribution in [2.75, 3.05) is 0 Å². The molecule has 0 unspecified atom stereocenters. The predicted molar refractivity (Wildman–Crippen MR) is 61.9 cm³/mol. The van der Waals surface area contributed by atoms with Gasteiger partial charge in [-0.2, -0.15) is 0 Å². The SMILES string of the molecule is CCC=CCCCC=CCCCC. The maximum atomic E-state index is 2.33. The lowest BCUT2D eigenvalue weighted by Crippen LogP contribution is -1.70. The molecule has 0 nitrogen and oxygen atoms in total. The monoisotopic (exact) mass is 180 g/mol. The second kappa shape index (κ2) is 11.5. The van der Waals surface area contributed by atoms with Gasteiger partial charge in [-0.25, -0.2) is 0 Å². The molecule has 0 radical (unpaired) electrons. The first-order chi connectivity index (χ1) is 6.41. The Morgan fingerprint density at radius 1 is 0.692 bits per heavy atom. The van der Waals surface area contributed by atoms with E-state index in [4.69, 9.17) is 0 Å². The van der Waals surface area contributed by atoms with Gasteiger partial charge in [0.1, 0.15) is 0 Å². The van der Waals surface area contributed by atoms with Crippen molar-refractivity contribution in [2.24, 2.45) is 0 Å². The lowest BCUT2D eigenvalue weighted by atomic mass is 10.2. The average Bonchev–Trinajstić information content (AvgIpc) is 2.16. The fourth-order valence-corrected chi connectivity index (χ4v) is 1.20. The highest BCUT2D eigenvalue weighted by Gasteiger charge is 1.81. The van der Waals surface area contributed by atoms with Gasteiger partial charge in [0.15, 0.2) is 0 Å². The Bertz CT molecular complexity index is 131. The number of hydrogen-bond acceptors (Lipinski definition) is 0. The highest BCUT2D eigenvalue weighted by molar-refractivity contribution is 4.84. The minimum Gasteiger partial charge on any atom is -0.0888 e. The molecular formula is C13H24. The van der Waals surface area contributed by atoms with E-state index in [0.717, 1.165) is 0 Å². The van der Waals surface area contributed by atoms with Crippen LogP contribution in [0.3, 0.4) is 0 Å². The molecule has 0 rings (SSSR count). The molecule has 13 heavy (non-hydrogen) atoms. The number of unbranched alkanes of at least 4 members (excludes halogenated alkanes) is 4. The molecule has 0 fully saturated rings. The van der Waals surface area contributed by atoms with Crippen molar-refractivity contribution in [2.45, 2.75) is 58.8 Å². The topological polar surface area (TPSA) is 0 Å². The van der Waals surface area contributed by atoms with E-state index >= 15 is 0 Å². The first-order valence-electron chi connectivity index (χ1n) is 5.71. The molecule has 0 N–H and O–H groups in total. The highest BCUT2D eigenvalue weighted by atomic mass is 13.9. The molecule has 0 saturated carbocycles. The van der Waals surface area contributed by atoms with Crippen molar-refractivity contribution >= 4 is 0 Å². The van der Waals surface area contributed by atoms with Gasteiger partial charge in [0.05, 0.1) is 0 Å². The molecule has 76 valence electrons. The van der Waals surface area contributed by atoms with Crippen LogP contribution < -0.4 is 0 Å². The van der Waals surface area contributed by atoms with E-state index in [0.29, 0.717) is 0 Å². The summed E-state index contributed by atoms with van der Waals surface area (Å²) in [5.74, 6) is 0. The van der Waals surface area contributed by atoms with Crippen molar-refractivity contribution in [3.05, 3.63) is 24.3 Å². The van der Waals surface area contributed by atoms with E-state index < -0.39 is 0 Å². The molecule has 0 aromatic rings. The Morgan fingerprint density at radius 2 is 1.23 bits per heavy atom. The third-order valence-corrected chi connectivity index (χ3v) is 2.03. The summed E-state index contributed by atoms with van der Waals surface area (Å²) < 4.78 is 0. The van der Waals surface area contributed by atoms with Crippen LogP contribution in [-0.4, -0.2) is 0 Å². The minimum absolute atomic E-state index is 1.17. The highest BCUT2D eigenvalue weighted by Crippen LogP contribution is 2.01. The van der Waals surface area contributed by atoms with Crippen LogP contribution in [0.2, 0.25) is 0 Å². The molecule has 0 heteroatoms. The fourth-order valence-electron chi connectivity index (χ4n) is 1.20. The van der Waals surface area contributed by atoms with Crippen LogP contribution in [0.15, 0.2) is 24.3 Å². The van der Waals surface area contributed by atoms with E-state index in [1.165, 1.54) is 44.9 Å². The molecular weight excluding hydrogens is 156 g/mol. The maximum Gasteiger partial charge on any atom is -0.0348 e. The molecule has 0 bridgehead atoms. The molecule has 0 aliphatic heterocycles. The van der Waals surface area contributed by atoms with Crippen LogP contribution >= 0.6 is 0 Å². The van der Waals surface area contributed by atoms with Crippen LogP contribution in [0.5, 0.6) is 0 Å². The summed E-state index contributed by atoms with van der Waals surface area (Å²) in [6.07, 6.45) is 18.1. The summed E-state index contributed by atoms with van der Waals surface area (Å²) in [5, 5.41) is 0. The van der Waals surface area contributed by atoms with Crippen LogP contribution in [0, 0.1) is 0 Å². The fraction of sp³-hybridized carbons (Fsp3) is 0.692. The number of rotatable bonds is 8. The summed E-state index contributed by atoms with van der Waals surface area (Å²) in [5.41, 5.74) is 0. The maximum absolute atomic E-state index is 2.33. The second-order valence-corrected chi connectivity index (χ2v) is 3.42. The van der Waals surface area contributed by atoms with Gasteiger partial charge in [0, 0.05) is 0 Å². The number of hydrogen-bond donors (Lipinski definition) is 0. The van der Waals surface area contributed by atoms with Gasteiger partial charge in [0.25, 0.3) is 0 Å². The van der Waals surface area contributed by atoms with Crippen molar-refractivity contribution in [3.63, 3.8) is 0 Å². The van der Waals surface area contributed by atoms with Gasteiger partial charge in [-0.1, -0.05) is 51.0 Å². The molecule has 0 aliphatic rings. The quantitative estimate of drug-likeness (QED) is 0.369. The Hall–Kier alpha value is -0.520.